The molecule has 1 unspecified atom stereocenters. The molecule has 3 rings (SSSR count). The lowest BCUT2D eigenvalue weighted by atomic mass is 9.78. The molecule has 150 valence electrons. The van der Waals surface area contributed by atoms with Gasteiger partial charge in [0, 0.05) is 37.6 Å². The number of methoxy groups -OCH3 is 1. The first-order valence-corrected chi connectivity index (χ1v) is 10.00. The predicted molar refractivity (Wildman–Crippen MR) is 115 cm³/mol. The Morgan fingerprint density at radius 2 is 1.68 bits per heavy atom. The molecule has 5 nitrogen and oxygen atoms in total. The van der Waals surface area contributed by atoms with E-state index in [1.807, 2.05) is 49.4 Å². The van der Waals surface area contributed by atoms with Crippen LogP contribution in [-0.4, -0.2) is 50.7 Å². The van der Waals surface area contributed by atoms with E-state index in [-0.39, 0.29) is 5.97 Å². The molecule has 2 N–H and O–H groups in total. The number of benzene rings is 2. The second-order valence-corrected chi connectivity index (χ2v) is 7.71. The van der Waals surface area contributed by atoms with Crippen molar-refractivity contribution in [2.24, 2.45) is 0 Å². The topological polar surface area (TPSA) is 58.8 Å². The van der Waals surface area contributed by atoms with Gasteiger partial charge in [-0.3, -0.25) is 9.69 Å². The van der Waals surface area contributed by atoms with Gasteiger partial charge >= 0.3 is 5.97 Å². The Balaban J connectivity index is 1.51. The second-order valence-electron chi connectivity index (χ2n) is 7.71. The largest absolute Gasteiger partial charge is 0.468 e. The zero-order valence-corrected chi connectivity index (χ0v) is 16.9. The number of carbonyl (C=O) groups is 1. The smallest absolute Gasteiger partial charge is 0.315 e. The third-order valence-corrected chi connectivity index (χ3v) is 5.83. The van der Waals surface area contributed by atoms with E-state index in [1.54, 1.807) is 0 Å². The van der Waals surface area contributed by atoms with Crippen molar-refractivity contribution >= 4 is 17.3 Å². The summed E-state index contributed by atoms with van der Waals surface area (Å²) < 4.78 is 5.12. The highest BCUT2D eigenvalue weighted by Gasteiger charge is 2.35. The highest BCUT2D eigenvalue weighted by Crippen LogP contribution is 2.30. The normalized spacial score (nSPS) is 17.1. The van der Waals surface area contributed by atoms with Crippen LogP contribution in [0.2, 0.25) is 0 Å². The van der Waals surface area contributed by atoms with Crippen LogP contribution in [-0.2, 0) is 14.9 Å². The van der Waals surface area contributed by atoms with Gasteiger partial charge in [-0.1, -0.05) is 30.3 Å². The molecule has 0 spiro atoms. The maximum atomic E-state index is 12.5. The fourth-order valence-electron chi connectivity index (χ4n) is 3.97. The summed E-state index contributed by atoms with van der Waals surface area (Å²) in [5.74, 6) is -0.160. The van der Waals surface area contributed by atoms with Gasteiger partial charge in [-0.05, 0) is 56.1 Å². The number of nitrogens with zero attached hydrogens (tertiary/aromatic N) is 2. The Bertz CT molecular complexity index is 755. The molecule has 0 aromatic heterocycles. The molecule has 28 heavy (non-hydrogen) atoms. The van der Waals surface area contributed by atoms with Gasteiger partial charge < -0.3 is 15.4 Å². The van der Waals surface area contributed by atoms with Gasteiger partial charge in [0.05, 0.1) is 12.5 Å². The average Bonchev–Trinajstić information content (AvgIpc) is 2.74. The molecule has 0 saturated carbocycles. The maximum absolute atomic E-state index is 12.5. The Morgan fingerprint density at radius 3 is 2.29 bits per heavy atom. The summed E-state index contributed by atoms with van der Waals surface area (Å²) in [6.45, 7) is 7.07. The average molecular weight is 382 g/mol. The number of nitrogen functional groups attached to an aromatic ring is 1. The van der Waals surface area contributed by atoms with Crippen molar-refractivity contribution in [3.8, 4) is 0 Å². The zero-order valence-electron chi connectivity index (χ0n) is 16.9. The summed E-state index contributed by atoms with van der Waals surface area (Å²) >= 11 is 0. The van der Waals surface area contributed by atoms with Crippen molar-refractivity contribution in [1.29, 1.82) is 0 Å². The molecule has 5 heteroatoms. The van der Waals surface area contributed by atoms with E-state index in [9.17, 15) is 4.79 Å². The quantitative estimate of drug-likeness (QED) is 0.589. The molecule has 1 heterocycles. The predicted octanol–water partition coefficient (Wildman–Crippen LogP) is 3.30. The first-order valence-electron chi connectivity index (χ1n) is 10.00. The first kappa shape index (κ1) is 20.2. The summed E-state index contributed by atoms with van der Waals surface area (Å²) in [4.78, 5) is 17.4. The van der Waals surface area contributed by atoms with Gasteiger partial charge in [0.2, 0.25) is 0 Å². The molecule has 0 bridgehead atoms. The van der Waals surface area contributed by atoms with Gasteiger partial charge in [0.15, 0.2) is 0 Å². The summed E-state index contributed by atoms with van der Waals surface area (Å²) in [7, 11) is 1.47. The molecular weight excluding hydrogens is 350 g/mol. The van der Waals surface area contributed by atoms with Gasteiger partial charge in [-0.15, -0.1) is 0 Å². The molecule has 2 aromatic rings. The number of ether oxygens (including phenoxy) is 1. The van der Waals surface area contributed by atoms with E-state index >= 15 is 0 Å². The highest BCUT2D eigenvalue weighted by molar-refractivity contribution is 5.82. The molecule has 0 radical (unpaired) electrons. The summed E-state index contributed by atoms with van der Waals surface area (Å²) in [5.41, 5.74) is 8.24. The van der Waals surface area contributed by atoms with E-state index in [0.717, 1.165) is 56.8 Å². The molecular formula is C23H31N3O2. The minimum absolute atomic E-state index is 0.160. The van der Waals surface area contributed by atoms with Crippen molar-refractivity contribution in [3.05, 3.63) is 60.2 Å². The van der Waals surface area contributed by atoms with Gasteiger partial charge in [-0.25, -0.2) is 0 Å². The molecule has 1 atom stereocenters. The summed E-state index contributed by atoms with van der Waals surface area (Å²) in [6.07, 6.45) is 1.74. The number of hydrogen-bond donors (Lipinski definition) is 1. The fraction of sp³-hybridized carbons (Fsp3) is 0.435. The Morgan fingerprint density at radius 1 is 1.04 bits per heavy atom. The van der Waals surface area contributed by atoms with Crippen molar-refractivity contribution in [2.75, 3.05) is 50.5 Å². The molecule has 1 aliphatic rings. The molecule has 2 aromatic carbocycles. The zero-order chi connectivity index (χ0) is 20.0. The van der Waals surface area contributed by atoms with E-state index in [4.69, 9.17) is 10.5 Å². The van der Waals surface area contributed by atoms with Crippen LogP contribution in [0.25, 0.3) is 0 Å². The number of rotatable bonds is 7. The van der Waals surface area contributed by atoms with Crippen LogP contribution in [0.3, 0.4) is 0 Å². The number of hydrogen-bond acceptors (Lipinski definition) is 5. The van der Waals surface area contributed by atoms with Crippen LogP contribution >= 0.6 is 0 Å². The van der Waals surface area contributed by atoms with Gasteiger partial charge in [0.1, 0.15) is 0 Å². The number of piperazine rings is 1. The lowest BCUT2D eigenvalue weighted by Crippen LogP contribution is -2.47. The Hall–Kier alpha value is -2.53. The molecule has 0 aliphatic carbocycles. The molecule has 1 fully saturated rings. The minimum Gasteiger partial charge on any atom is -0.468 e. The molecule has 1 aliphatic heterocycles. The third-order valence-electron chi connectivity index (χ3n) is 5.83. The Kier molecular flexibility index (Phi) is 6.57. The number of carbonyl (C=O) groups excluding carboxylic acids is 1. The van der Waals surface area contributed by atoms with E-state index in [0.29, 0.717) is 0 Å². The van der Waals surface area contributed by atoms with Crippen LogP contribution in [0.4, 0.5) is 11.4 Å². The lowest BCUT2D eigenvalue weighted by Gasteiger charge is -2.36. The van der Waals surface area contributed by atoms with E-state index in [2.05, 4.69) is 21.9 Å². The molecule has 0 amide bonds. The standard InChI is InChI=1S/C23H31N3O2/c1-23(22(27)28-2,19-7-4-3-5-8-19)13-6-14-25-15-17-26(18-16-25)21-11-9-20(24)10-12-21/h3-5,7-12H,6,13-18,24H2,1-2H3. The van der Waals surface area contributed by atoms with E-state index in [1.165, 1.54) is 12.8 Å². The lowest BCUT2D eigenvalue weighted by molar-refractivity contribution is -0.147. The van der Waals surface area contributed by atoms with Crippen LogP contribution < -0.4 is 10.6 Å². The van der Waals surface area contributed by atoms with Crippen molar-refractivity contribution < 1.29 is 9.53 Å². The number of nitrogens with two attached hydrogens (primary N) is 1. The number of anilines is 2. The Labute approximate surface area is 168 Å². The van der Waals surface area contributed by atoms with Crippen molar-refractivity contribution in [1.82, 2.24) is 4.90 Å². The second kappa shape index (κ2) is 9.11. The maximum Gasteiger partial charge on any atom is 0.315 e. The first-order chi connectivity index (χ1) is 13.5. The third kappa shape index (κ3) is 4.65. The van der Waals surface area contributed by atoms with Crippen LogP contribution in [0, 0.1) is 0 Å². The highest BCUT2D eigenvalue weighted by atomic mass is 16.5. The van der Waals surface area contributed by atoms with Crippen LogP contribution in [0.15, 0.2) is 54.6 Å². The summed E-state index contributed by atoms with van der Waals surface area (Å²) in [6, 6.07) is 18.1. The van der Waals surface area contributed by atoms with Crippen LogP contribution in [0.1, 0.15) is 25.3 Å². The SMILES string of the molecule is COC(=O)C(C)(CCCN1CCN(c2ccc(N)cc2)CC1)c1ccccc1. The van der Waals surface area contributed by atoms with Crippen molar-refractivity contribution in [3.63, 3.8) is 0 Å². The van der Waals surface area contributed by atoms with Crippen molar-refractivity contribution in [2.45, 2.75) is 25.2 Å². The van der Waals surface area contributed by atoms with Gasteiger partial charge in [0.25, 0.3) is 0 Å². The van der Waals surface area contributed by atoms with Gasteiger partial charge in [-0.2, -0.15) is 0 Å². The monoisotopic (exact) mass is 381 g/mol. The number of esters is 1. The molecule has 1 saturated heterocycles. The summed E-state index contributed by atoms with van der Waals surface area (Å²) in [5, 5.41) is 0. The van der Waals surface area contributed by atoms with E-state index < -0.39 is 5.41 Å². The minimum atomic E-state index is -0.595. The fourth-order valence-corrected chi connectivity index (χ4v) is 3.97. The van der Waals surface area contributed by atoms with Crippen LogP contribution in [0.5, 0.6) is 0 Å².